The maximum atomic E-state index is 12.7. The first-order valence-corrected chi connectivity index (χ1v) is 9.39. The summed E-state index contributed by atoms with van der Waals surface area (Å²) in [6, 6.07) is 4.55. The summed E-state index contributed by atoms with van der Waals surface area (Å²) in [5.74, 6) is -0.875. The van der Waals surface area contributed by atoms with E-state index in [9.17, 15) is 14.4 Å². The molecule has 1 saturated heterocycles. The van der Waals surface area contributed by atoms with Crippen molar-refractivity contribution in [3.63, 3.8) is 0 Å². The average Bonchev–Trinajstić information content (AvgIpc) is 2.62. The van der Waals surface area contributed by atoms with Gasteiger partial charge in [-0.2, -0.15) is 0 Å². The van der Waals surface area contributed by atoms with E-state index in [0.717, 1.165) is 11.3 Å². The number of ether oxygens (including phenoxy) is 1. The third-order valence-corrected chi connectivity index (χ3v) is 4.70. The van der Waals surface area contributed by atoms with E-state index in [1.165, 1.54) is 4.90 Å². The molecule has 7 nitrogen and oxygen atoms in total. The monoisotopic (exact) mass is 395 g/mol. The zero-order valence-corrected chi connectivity index (χ0v) is 16.6. The van der Waals surface area contributed by atoms with Crippen molar-refractivity contribution in [2.75, 3.05) is 31.6 Å². The molecule has 1 fully saturated rings. The van der Waals surface area contributed by atoms with E-state index in [0.29, 0.717) is 18.1 Å². The van der Waals surface area contributed by atoms with Crippen molar-refractivity contribution in [1.29, 1.82) is 0 Å². The summed E-state index contributed by atoms with van der Waals surface area (Å²) in [5.41, 5.74) is 1.60. The second-order valence-electron chi connectivity index (χ2n) is 6.94. The number of hydrogen-bond acceptors (Lipinski definition) is 5. The number of carbonyl (C=O) groups excluding carboxylic acids is 3. The number of halogens is 1. The smallest absolute Gasteiger partial charge is 0.308 e. The Bertz CT molecular complexity index is 708. The highest BCUT2D eigenvalue weighted by molar-refractivity contribution is 6.31. The van der Waals surface area contributed by atoms with Crippen molar-refractivity contribution in [3.05, 3.63) is 28.8 Å². The summed E-state index contributed by atoms with van der Waals surface area (Å²) in [6.45, 7) is 6.72. The van der Waals surface area contributed by atoms with E-state index in [-0.39, 0.29) is 37.3 Å². The number of esters is 1. The first kappa shape index (κ1) is 21.0. The molecule has 1 heterocycles. The fourth-order valence-corrected chi connectivity index (χ4v) is 2.94. The van der Waals surface area contributed by atoms with Crippen LogP contribution >= 0.6 is 11.6 Å². The molecule has 0 bridgehead atoms. The Labute approximate surface area is 164 Å². The van der Waals surface area contributed by atoms with E-state index in [1.807, 2.05) is 26.8 Å². The van der Waals surface area contributed by atoms with Gasteiger partial charge in [0.25, 0.3) is 0 Å². The molecule has 1 atom stereocenters. The number of nitrogens with zero attached hydrogens (tertiary/aromatic N) is 1. The van der Waals surface area contributed by atoms with Gasteiger partial charge in [0.1, 0.15) is 6.04 Å². The van der Waals surface area contributed by atoms with E-state index < -0.39 is 12.0 Å². The van der Waals surface area contributed by atoms with Gasteiger partial charge in [0, 0.05) is 23.8 Å². The van der Waals surface area contributed by atoms with Crippen LogP contribution in [0.4, 0.5) is 5.69 Å². The fraction of sp³-hybridized carbons (Fsp3) is 0.526. The van der Waals surface area contributed by atoms with Gasteiger partial charge in [0.15, 0.2) is 0 Å². The van der Waals surface area contributed by atoms with Crippen molar-refractivity contribution in [2.45, 2.75) is 33.2 Å². The van der Waals surface area contributed by atoms with Gasteiger partial charge in [0.05, 0.1) is 19.6 Å². The molecule has 1 aliphatic rings. The van der Waals surface area contributed by atoms with E-state index in [4.69, 9.17) is 16.3 Å². The van der Waals surface area contributed by atoms with E-state index in [1.54, 1.807) is 12.1 Å². The molecule has 1 aliphatic heterocycles. The van der Waals surface area contributed by atoms with Crippen LogP contribution in [0, 0.1) is 12.8 Å². The lowest BCUT2D eigenvalue weighted by Gasteiger charge is -2.34. The summed E-state index contributed by atoms with van der Waals surface area (Å²) in [5, 5.41) is 6.36. The van der Waals surface area contributed by atoms with Crippen molar-refractivity contribution in [1.82, 2.24) is 10.2 Å². The fourth-order valence-electron chi connectivity index (χ4n) is 2.76. The maximum absolute atomic E-state index is 12.7. The third-order valence-electron chi connectivity index (χ3n) is 4.29. The van der Waals surface area contributed by atoms with Gasteiger partial charge >= 0.3 is 5.97 Å². The van der Waals surface area contributed by atoms with E-state index in [2.05, 4.69) is 10.6 Å². The predicted molar refractivity (Wildman–Crippen MR) is 104 cm³/mol. The van der Waals surface area contributed by atoms with E-state index >= 15 is 0 Å². The number of rotatable bonds is 7. The average molecular weight is 396 g/mol. The Morgan fingerprint density at radius 3 is 2.85 bits per heavy atom. The molecule has 0 saturated carbocycles. The zero-order valence-electron chi connectivity index (χ0n) is 15.9. The zero-order chi connectivity index (χ0) is 20.0. The van der Waals surface area contributed by atoms with Crippen LogP contribution < -0.4 is 10.6 Å². The number of carbonyl (C=O) groups is 3. The number of anilines is 1. The van der Waals surface area contributed by atoms with Crippen LogP contribution in [-0.4, -0.2) is 55.0 Å². The number of hydrogen-bond donors (Lipinski definition) is 2. The minimum absolute atomic E-state index is 0.00596. The summed E-state index contributed by atoms with van der Waals surface area (Å²) in [7, 11) is 0. The molecule has 2 rings (SSSR count). The van der Waals surface area contributed by atoms with Crippen LogP contribution in [0.15, 0.2) is 18.2 Å². The molecule has 0 radical (unpaired) electrons. The summed E-state index contributed by atoms with van der Waals surface area (Å²) < 4.78 is 5.15. The second-order valence-corrected chi connectivity index (χ2v) is 7.35. The lowest BCUT2D eigenvalue weighted by atomic mass is 10.1. The van der Waals surface area contributed by atoms with Crippen LogP contribution in [0.25, 0.3) is 0 Å². The Morgan fingerprint density at radius 2 is 2.15 bits per heavy atom. The van der Waals surface area contributed by atoms with Gasteiger partial charge in [-0.15, -0.1) is 0 Å². The normalized spacial score (nSPS) is 16.9. The summed E-state index contributed by atoms with van der Waals surface area (Å²) in [6.07, 6.45) is -0.152. The number of amides is 2. The van der Waals surface area contributed by atoms with Crippen LogP contribution in [0.3, 0.4) is 0 Å². The molecular weight excluding hydrogens is 370 g/mol. The van der Waals surface area contributed by atoms with Crippen molar-refractivity contribution >= 4 is 35.1 Å². The van der Waals surface area contributed by atoms with Gasteiger partial charge in [-0.1, -0.05) is 31.5 Å². The molecule has 27 heavy (non-hydrogen) atoms. The quantitative estimate of drug-likeness (QED) is 0.689. The molecule has 1 aromatic rings. The van der Waals surface area contributed by atoms with Crippen molar-refractivity contribution < 1.29 is 19.1 Å². The molecule has 8 heteroatoms. The lowest BCUT2D eigenvalue weighted by molar-refractivity contribution is -0.152. The Balaban J connectivity index is 1.99. The predicted octanol–water partition coefficient (Wildman–Crippen LogP) is 1.98. The van der Waals surface area contributed by atoms with Gasteiger partial charge in [-0.3, -0.25) is 14.4 Å². The first-order chi connectivity index (χ1) is 12.8. The van der Waals surface area contributed by atoms with Gasteiger partial charge in [0.2, 0.25) is 11.8 Å². The van der Waals surface area contributed by atoms with Crippen molar-refractivity contribution in [2.24, 2.45) is 5.92 Å². The van der Waals surface area contributed by atoms with Crippen molar-refractivity contribution in [3.8, 4) is 0 Å². The highest BCUT2D eigenvalue weighted by atomic mass is 35.5. The summed E-state index contributed by atoms with van der Waals surface area (Å²) in [4.78, 5) is 38.3. The Kier molecular flexibility index (Phi) is 7.47. The first-order valence-electron chi connectivity index (χ1n) is 9.01. The number of piperazine rings is 1. The maximum Gasteiger partial charge on any atom is 0.308 e. The molecule has 1 aromatic carbocycles. The Hall–Kier alpha value is -2.28. The molecule has 0 aromatic heterocycles. The standard InChI is InChI=1S/C19H26ClN3O4/c1-12(2)11-27-18(25)9-16-19(26)21-7-8-23(16)17(24)10-22-15-6-4-5-14(20)13(15)3/h4-6,12,16,22H,7-11H2,1-3H3,(H,21,26). The van der Waals surface area contributed by atoms with Crippen LogP contribution in [0.5, 0.6) is 0 Å². The molecule has 148 valence electrons. The minimum Gasteiger partial charge on any atom is -0.465 e. The number of benzene rings is 1. The molecule has 1 unspecified atom stereocenters. The number of nitrogens with one attached hydrogen (secondary N) is 2. The van der Waals surface area contributed by atoms with Gasteiger partial charge in [-0.25, -0.2) is 0 Å². The molecule has 0 spiro atoms. The lowest BCUT2D eigenvalue weighted by Crippen LogP contribution is -2.58. The Morgan fingerprint density at radius 1 is 1.41 bits per heavy atom. The van der Waals surface area contributed by atoms with Crippen LogP contribution in [0.2, 0.25) is 5.02 Å². The van der Waals surface area contributed by atoms with Crippen LogP contribution in [0.1, 0.15) is 25.8 Å². The molecule has 2 N–H and O–H groups in total. The molecule has 0 aliphatic carbocycles. The SMILES string of the molecule is Cc1c(Cl)cccc1NCC(=O)N1CCNC(=O)C1CC(=O)OCC(C)C. The molecular formula is C19H26ClN3O4. The second kappa shape index (κ2) is 9.60. The minimum atomic E-state index is -0.854. The van der Waals surface area contributed by atoms with Gasteiger partial charge in [-0.05, 0) is 30.5 Å². The highest BCUT2D eigenvalue weighted by Gasteiger charge is 2.35. The topological polar surface area (TPSA) is 87.7 Å². The van der Waals surface area contributed by atoms with Crippen LogP contribution in [-0.2, 0) is 19.1 Å². The third kappa shape index (κ3) is 5.85. The van der Waals surface area contributed by atoms with Gasteiger partial charge < -0.3 is 20.3 Å². The molecule has 2 amide bonds. The largest absolute Gasteiger partial charge is 0.465 e. The summed E-state index contributed by atoms with van der Waals surface area (Å²) >= 11 is 6.09. The highest BCUT2D eigenvalue weighted by Crippen LogP contribution is 2.23.